The van der Waals surface area contributed by atoms with Crippen molar-refractivity contribution in [3.63, 3.8) is 0 Å². The number of likely N-dealkylation sites (tertiary alicyclic amines) is 1. The van der Waals surface area contributed by atoms with Crippen LogP contribution >= 0.6 is 0 Å². The van der Waals surface area contributed by atoms with Crippen molar-refractivity contribution in [1.29, 1.82) is 0 Å². The van der Waals surface area contributed by atoms with E-state index >= 15 is 0 Å². The number of rotatable bonds is 8. The Balaban J connectivity index is 1.15. The lowest BCUT2D eigenvalue weighted by Gasteiger charge is -2.43. The van der Waals surface area contributed by atoms with Gasteiger partial charge in [0.05, 0.1) is 30.9 Å². The zero-order chi connectivity index (χ0) is 48.6. The smallest absolute Gasteiger partial charge is 0.324 e. The van der Waals surface area contributed by atoms with Gasteiger partial charge in [-0.25, -0.2) is 5.43 Å². The molecule has 6 atom stereocenters. The highest BCUT2D eigenvalue weighted by molar-refractivity contribution is 5.98. The number of esters is 1. The maximum atomic E-state index is 14.8. The largest absolute Gasteiger partial charge is 0.464 e. The molecule has 4 aliphatic rings. The number of methoxy groups -OCH3 is 1. The lowest BCUT2D eigenvalue weighted by atomic mass is 9.66. The summed E-state index contributed by atoms with van der Waals surface area (Å²) in [5, 5.41) is 5.58. The van der Waals surface area contributed by atoms with E-state index in [1.807, 2.05) is 57.2 Å². The number of aryl methyl sites for hydroxylation is 1. The number of pyridine rings is 1. The molecule has 2 saturated heterocycles. The van der Waals surface area contributed by atoms with E-state index in [9.17, 15) is 24.0 Å². The molecular formula is C53H66N8O7. The second-order valence-corrected chi connectivity index (χ2v) is 20.1. The Hall–Kier alpha value is -6.08. The summed E-state index contributed by atoms with van der Waals surface area (Å²) < 4.78 is 15.0. The Kier molecular flexibility index (Phi) is 14.1. The van der Waals surface area contributed by atoms with Gasteiger partial charge in [-0.1, -0.05) is 63.9 Å². The first kappa shape index (κ1) is 48.4. The number of nitrogens with zero attached hydrogens (tertiary/aromatic N) is 6. The van der Waals surface area contributed by atoms with Crippen LogP contribution in [0.1, 0.15) is 82.6 Å². The number of carbonyl (C=O) groups is 5. The zero-order valence-electron chi connectivity index (χ0n) is 40.9. The lowest BCUT2D eigenvalue weighted by molar-refractivity contribution is -0.156. The Morgan fingerprint density at radius 2 is 1.82 bits per heavy atom. The van der Waals surface area contributed by atoms with Crippen molar-refractivity contribution in [3.8, 4) is 34.2 Å². The van der Waals surface area contributed by atoms with Crippen LogP contribution < -0.4 is 10.7 Å². The van der Waals surface area contributed by atoms with Gasteiger partial charge in [-0.3, -0.25) is 38.9 Å². The predicted molar refractivity (Wildman–Crippen MR) is 259 cm³/mol. The fraction of sp³-hybridized carbons (Fsp3) is 0.509. The summed E-state index contributed by atoms with van der Waals surface area (Å²) in [7, 11) is 7.09. The van der Waals surface area contributed by atoms with Gasteiger partial charge >= 0.3 is 5.97 Å². The molecule has 2 fully saturated rings. The molecule has 1 aliphatic carbocycles. The fourth-order valence-electron chi connectivity index (χ4n) is 10.9. The third-order valence-electron chi connectivity index (χ3n) is 14.3. The summed E-state index contributed by atoms with van der Waals surface area (Å²) in [6, 6.07) is 13.8. The number of nitrogens with one attached hydrogen (secondary N) is 2. The third-order valence-corrected chi connectivity index (χ3v) is 14.3. The fourth-order valence-corrected chi connectivity index (χ4v) is 10.9. The molecule has 4 aromatic rings. The molecule has 0 spiro atoms. The first-order valence-electron chi connectivity index (χ1n) is 24.0. The maximum absolute atomic E-state index is 14.8. The average Bonchev–Trinajstić information content (AvgIpc) is 3.95. The van der Waals surface area contributed by atoms with Crippen molar-refractivity contribution >= 4 is 40.5 Å². The maximum Gasteiger partial charge on any atom is 0.324 e. The highest BCUT2D eigenvalue weighted by atomic mass is 16.5. The molecule has 0 radical (unpaired) electrons. The van der Waals surface area contributed by atoms with Gasteiger partial charge in [0.1, 0.15) is 18.1 Å². The summed E-state index contributed by atoms with van der Waals surface area (Å²) in [5.41, 5.74) is 10.6. The average molecular weight is 927 g/mol. The highest BCUT2D eigenvalue weighted by Crippen LogP contribution is 2.57. The number of fused-ring (bicyclic) bond motifs is 8. The predicted octanol–water partition coefficient (Wildman–Crippen LogP) is 5.18. The molecule has 6 bridgehead atoms. The lowest BCUT2D eigenvalue weighted by Crippen LogP contribution is -2.62. The zero-order valence-corrected chi connectivity index (χ0v) is 40.9. The highest BCUT2D eigenvalue weighted by Gasteiger charge is 2.47. The van der Waals surface area contributed by atoms with Crippen molar-refractivity contribution < 1.29 is 33.4 Å². The van der Waals surface area contributed by atoms with E-state index in [2.05, 4.69) is 83.2 Å². The van der Waals surface area contributed by atoms with Gasteiger partial charge in [0.2, 0.25) is 11.8 Å². The quantitative estimate of drug-likeness (QED) is 0.178. The van der Waals surface area contributed by atoms with Crippen LogP contribution in [0.25, 0.3) is 33.3 Å². The SMILES string of the molecule is CCn1c2c3c4cc(ccc41)-c1cccc(c1)C[C@H](NC(=O)[C@H](C(C)C)N(C)C(=O)[C@H]1CCN(C(=O)C#CCN(C)C)C1)C(=O)N1CCC[C@H](N1)C(=O)OCC(C)(C)C3[C@H](OC)c1ccncc1-2. The molecule has 15 heteroatoms. The van der Waals surface area contributed by atoms with Crippen molar-refractivity contribution in [2.45, 2.75) is 97.0 Å². The van der Waals surface area contributed by atoms with Crippen molar-refractivity contribution in [1.82, 2.24) is 40.0 Å². The van der Waals surface area contributed by atoms with Crippen molar-refractivity contribution in [2.75, 3.05) is 61.0 Å². The number of aromatic nitrogens is 2. The minimum absolute atomic E-state index is 0.0878. The second kappa shape index (κ2) is 19.9. The van der Waals surface area contributed by atoms with Crippen LogP contribution in [0, 0.1) is 29.1 Å². The van der Waals surface area contributed by atoms with E-state index in [0.29, 0.717) is 45.4 Å². The number of carbonyl (C=O) groups excluding carboxylic acids is 5. The van der Waals surface area contributed by atoms with Crippen LogP contribution in [-0.4, -0.2) is 138 Å². The van der Waals surface area contributed by atoms with E-state index in [1.54, 1.807) is 25.3 Å². The molecule has 2 aromatic heterocycles. The number of hydrazine groups is 1. The van der Waals surface area contributed by atoms with Gasteiger partial charge in [-0.05, 0) is 98.1 Å². The summed E-state index contributed by atoms with van der Waals surface area (Å²) in [5.74, 6) is 2.59. The molecule has 360 valence electrons. The first-order chi connectivity index (χ1) is 32.5. The monoisotopic (exact) mass is 927 g/mol. The Labute approximate surface area is 399 Å². The summed E-state index contributed by atoms with van der Waals surface area (Å²) in [6.45, 7) is 12.3. The summed E-state index contributed by atoms with van der Waals surface area (Å²) in [4.78, 5) is 80.0. The number of amides is 4. The molecule has 2 aromatic carbocycles. The molecule has 4 amide bonds. The summed E-state index contributed by atoms with van der Waals surface area (Å²) in [6.07, 6.45) is 4.95. The Bertz CT molecular complexity index is 2660. The van der Waals surface area contributed by atoms with Gasteiger partial charge in [0.25, 0.3) is 11.8 Å². The normalized spacial score (nSPS) is 22.8. The molecule has 8 rings (SSSR count). The number of benzene rings is 2. The van der Waals surface area contributed by atoms with Gasteiger partial charge in [-0.2, -0.15) is 0 Å². The molecule has 15 nitrogen and oxygen atoms in total. The van der Waals surface area contributed by atoms with Gasteiger partial charge in [0.15, 0.2) is 0 Å². The van der Waals surface area contributed by atoms with E-state index in [1.165, 1.54) is 9.91 Å². The topological polar surface area (TPSA) is 159 Å². The Morgan fingerprint density at radius 1 is 1.04 bits per heavy atom. The molecule has 5 heterocycles. The van der Waals surface area contributed by atoms with Crippen LogP contribution in [-0.2, 0) is 46.4 Å². The van der Waals surface area contributed by atoms with Gasteiger partial charge in [0, 0.05) is 87.0 Å². The molecule has 3 aliphatic heterocycles. The molecular weight excluding hydrogens is 861 g/mol. The molecule has 2 N–H and O–H groups in total. The molecule has 0 saturated carbocycles. The molecule has 68 heavy (non-hydrogen) atoms. The van der Waals surface area contributed by atoms with Gasteiger partial charge in [-0.15, -0.1) is 0 Å². The van der Waals surface area contributed by atoms with Crippen LogP contribution in [0.3, 0.4) is 0 Å². The van der Waals surface area contributed by atoms with Crippen LogP contribution in [0.2, 0.25) is 0 Å². The van der Waals surface area contributed by atoms with Crippen molar-refractivity contribution in [3.05, 3.63) is 77.6 Å². The summed E-state index contributed by atoms with van der Waals surface area (Å²) >= 11 is 0. The number of hydrogen-bond donors (Lipinski definition) is 2. The number of likely N-dealkylation sites (N-methyl/N-ethyl adjacent to an activating group) is 1. The van der Waals surface area contributed by atoms with Crippen LogP contribution in [0.5, 0.6) is 0 Å². The van der Waals surface area contributed by atoms with E-state index in [-0.39, 0.29) is 49.3 Å². The minimum atomic E-state index is -1.06. The standard InChI is InChI=1S/C53H66N8O7/c1-10-60-42-19-18-35-28-38(42)44-45(48(67-9)37-20-22-54-29-39(37)47(44)60)53(4,5)31-68-52(66)40-16-12-24-61(56-40)51(65)41(27-33-14-11-15-34(35)26-33)55-49(63)46(32(2)3)58(8)50(64)36-21-25-59(30-36)43(62)17-13-23-57(6)7/h11,14-15,18-20,22,26,28-29,32,36,40-41,45-46,48,56H,10,12,16,21,23-25,27,30-31H2,1-9H3,(H,55,63)/t36-,40-,41-,45?,46-,48+/m0/s1. The third kappa shape index (κ3) is 9.38. The van der Waals surface area contributed by atoms with E-state index in [4.69, 9.17) is 9.47 Å². The second-order valence-electron chi connectivity index (χ2n) is 20.1. The first-order valence-corrected chi connectivity index (χ1v) is 24.0. The Morgan fingerprint density at radius 3 is 2.56 bits per heavy atom. The van der Waals surface area contributed by atoms with Crippen molar-refractivity contribution in [2.24, 2.45) is 17.3 Å². The number of cyclic esters (lactones) is 1. The van der Waals surface area contributed by atoms with E-state index < -0.39 is 47.2 Å². The van der Waals surface area contributed by atoms with Crippen LogP contribution in [0.15, 0.2) is 60.9 Å². The minimum Gasteiger partial charge on any atom is -0.464 e. The van der Waals surface area contributed by atoms with Gasteiger partial charge < -0.3 is 29.2 Å². The van der Waals surface area contributed by atoms with E-state index in [0.717, 1.165) is 50.0 Å². The number of hydrogen-bond acceptors (Lipinski definition) is 10. The van der Waals surface area contributed by atoms with Crippen LogP contribution in [0.4, 0.5) is 0 Å². The molecule has 1 unspecified atom stereocenters. The number of ether oxygens (including phenoxy) is 2.